The number of hydrogen-bond acceptors (Lipinski definition) is 4. The molecule has 124 valence electrons. The fourth-order valence-electron chi connectivity index (χ4n) is 2.79. The Morgan fingerprint density at radius 1 is 1.22 bits per heavy atom. The zero-order chi connectivity index (χ0) is 16.4. The molecular weight excluding hydrogens is 325 g/mol. The van der Waals surface area contributed by atoms with Crippen molar-refractivity contribution in [3.05, 3.63) is 35.2 Å². The summed E-state index contributed by atoms with van der Waals surface area (Å²) in [5.74, 6) is 0.316. The van der Waals surface area contributed by atoms with Gasteiger partial charge < -0.3 is 10.0 Å². The van der Waals surface area contributed by atoms with Crippen molar-refractivity contribution >= 4 is 16.5 Å². The van der Waals surface area contributed by atoms with Crippen LogP contribution < -0.4 is 4.90 Å². The van der Waals surface area contributed by atoms with Crippen molar-refractivity contribution in [2.45, 2.75) is 19.0 Å². The van der Waals surface area contributed by atoms with E-state index in [1.807, 2.05) is 0 Å². The Hall–Kier alpha value is -1.60. The number of anilines is 1. The number of alkyl halides is 3. The SMILES string of the molecule is OCC1CCN(c2nc(-c3ccccc3C(F)(F)F)cs2)CC1. The first-order valence-electron chi connectivity index (χ1n) is 7.47. The minimum Gasteiger partial charge on any atom is -0.396 e. The van der Waals surface area contributed by atoms with Crippen molar-refractivity contribution in [1.29, 1.82) is 0 Å². The van der Waals surface area contributed by atoms with Crippen LogP contribution in [-0.4, -0.2) is 29.8 Å². The first-order valence-corrected chi connectivity index (χ1v) is 8.35. The Bertz CT molecular complexity index is 663. The van der Waals surface area contributed by atoms with Gasteiger partial charge in [0.1, 0.15) is 0 Å². The van der Waals surface area contributed by atoms with E-state index in [0.717, 1.165) is 37.1 Å². The Balaban J connectivity index is 1.83. The topological polar surface area (TPSA) is 36.4 Å². The van der Waals surface area contributed by atoms with E-state index in [9.17, 15) is 13.2 Å². The van der Waals surface area contributed by atoms with Gasteiger partial charge in [-0.1, -0.05) is 18.2 Å². The second-order valence-corrected chi connectivity index (χ2v) is 6.51. The predicted molar refractivity (Wildman–Crippen MR) is 84.6 cm³/mol. The number of piperidine rings is 1. The van der Waals surface area contributed by atoms with Crippen LogP contribution >= 0.6 is 11.3 Å². The maximum Gasteiger partial charge on any atom is 0.417 e. The number of rotatable bonds is 3. The highest BCUT2D eigenvalue weighted by Gasteiger charge is 2.34. The average Bonchev–Trinajstić information content (AvgIpc) is 3.04. The van der Waals surface area contributed by atoms with E-state index in [-0.39, 0.29) is 12.2 Å². The highest BCUT2D eigenvalue weighted by atomic mass is 32.1. The third-order valence-corrected chi connectivity index (χ3v) is 5.05. The first-order chi connectivity index (χ1) is 11.0. The molecule has 3 rings (SSSR count). The number of thiazole rings is 1. The summed E-state index contributed by atoms with van der Waals surface area (Å²) in [4.78, 5) is 6.49. The van der Waals surface area contributed by atoms with Gasteiger partial charge in [0.25, 0.3) is 0 Å². The van der Waals surface area contributed by atoms with Gasteiger partial charge in [-0.15, -0.1) is 11.3 Å². The van der Waals surface area contributed by atoms with Crippen LogP contribution in [0.5, 0.6) is 0 Å². The molecule has 1 N–H and O–H groups in total. The molecular formula is C16H17F3N2OS. The first kappa shape index (κ1) is 16.3. The van der Waals surface area contributed by atoms with Crippen LogP contribution in [0.15, 0.2) is 29.6 Å². The standard InChI is InChI=1S/C16H17F3N2OS/c17-16(18,19)13-4-2-1-3-12(13)14-10-23-15(20-14)21-7-5-11(9-22)6-8-21/h1-4,10-11,22H,5-9H2. The van der Waals surface area contributed by atoms with Crippen molar-refractivity contribution in [1.82, 2.24) is 4.98 Å². The maximum atomic E-state index is 13.1. The van der Waals surface area contributed by atoms with Gasteiger partial charge in [-0.2, -0.15) is 13.2 Å². The van der Waals surface area contributed by atoms with Gasteiger partial charge in [0.2, 0.25) is 0 Å². The molecule has 1 saturated heterocycles. The minimum absolute atomic E-state index is 0.118. The minimum atomic E-state index is -4.39. The van der Waals surface area contributed by atoms with Crippen LogP contribution in [-0.2, 0) is 6.18 Å². The van der Waals surface area contributed by atoms with Gasteiger partial charge >= 0.3 is 6.18 Å². The van der Waals surface area contributed by atoms with Crippen molar-refractivity contribution < 1.29 is 18.3 Å². The summed E-state index contributed by atoms with van der Waals surface area (Å²) in [6, 6.07) is 5.52. The van der Waals surface area contributed by atoms with E-state index in [0.29, 0.717) is 11.6 Å². The Kier molecular flexibility index (Phi) is 4.59. The summed E-state index contributed by atoms with van der Waals surface area (Å²) in [6.07, 6.45) is -2.63. The molecule has 0 saturated carbocycles. The molecule has 1 aromatic heterocycles. The molecule has 7 heteroatoms. The van der Waals surface area contributed by atoms with Crippen molar-refractivity contribution in [3.8, 4) is 11.3 Å². The number of aliphatic hydroxyl groups excluding tert-OH is 1. The number of aromatic nitrogens is 1. The van der Waals surface area contributed by atoms with Crippen molar-refractivity contribution in [2.24, 2.45) is 5.92 Å². The van der Waals surface area contributed by atoms with Crippen LogP contribution in [0.4, 0.5) is 18.3 Å². The lowest BCUT2D eigenvalue weighted by Gasteiger charge is -2.30. The van der Waals surface area contributed by atoms with Crippen LogP contribution in [0.1, 0.15) is 18.4 Å². The molecule has 0 spiro atoms. The molecule has 23 heavy (non-hydrogen) atoms. The lowest BCUT2D eigenvalue weighted by atomic mass is 9.98. The number of hydrogen-bond donors (Lipinski definition) is 1. The van der Waals surface area contributed by atoms with E-state index in [2.05, 4.69) is 9.88 Å². The van der Waals surface area contributed by atoms with Crippen LogP contribution in [0, 0.1) is 5.92 Å². The highest BCUT2D eigenvalue weighted by molar-refractivity contribution is 7.14. The van der Waals surface area contributed by atoms with Gasteiger partial charge in [-0.25, -0.2) is 4.98 Å². The van der Waals surface area contributed by atoms with Crippen molar-refractivity contribution in [3.63, 3.8) is 0 Å². The van der Waals surface area contributed by atoms with Crippen LogP contribution in [0.25, 0.3) is 11.3 Å². The highest BCUT2D eigenvalue weighted by Crippen LogP contribution is 2.38. The van der Waals surface area contributed by atoms with Crippen LogP contribution in [0.3, 0.4) is 0 Å². The lowest BCUT2D eigenvalue weighted by molar-refractivity contribution is -0.137. The Morgan fingerprint density at radius 2 is 1.91 bits per heavy atom. The van der Waals surface area contributed by atoms with Gasteiger partial charge in [0, 0.05) is 30.6 Å². The third-order valence-electron chi connectivity index (χ3n) is 4.14. The maximum absolute atomic E-state index is 13.1. The number of aliphatic hydroxyl groups is 1. The van der Waals surface area contributed by atoms with Gasteiger partial charge in [-0.05, 0) is 24.8 Å². The van der Waals surface area contributed by atoms with Crippen LogP contribution in [0.2, 0.25) is 0 Å². The van der Waals surface area contributed by atoms with E-state index < -0.39 is 11.7 Å². The molecule has 1 aromatic carbocycles. The summed E-state index contributed by atoms with van der Waals surface area (Å²) in [5.41, 5.74) is -0.175. The largest absolute Gasteiger partial charge is 0.417 e. The zero-order valence-electron chi connectivity index (χ0n) is 12.4. The Labute approximate surface area is 136 Å². The summed E-state index contributed by atoms with van der Waals surface area (Å²) in [6.45, 7) is 1.74. The van der Waals surface area contributed by atoms with Gasteiger partial charge in [0.05, 0.1) is 11.3 Å². The predicted octanol–water partition coefficient (Wildman–Crippen LogP) is 4.04. The summed E-state index contributed by atoms with van der Waals surface area (Å²) in [5, 5.41) is 11.6. The zero-order valence-corrected chi connectivity index (χ0v) is 13.2. The van der Waals surface area contributed by atoms with E-state index in [1.54, 1.807) is 11.4 Å². The Morgan fingerprint density at radius 3 is 2.57 bits per heavy atom. The number of benzene rings is 1. The fourth-order valence-corrected chi connectivity index (χ4v) is 3.67. The normalized spacial score (nSPS) is 16.8. The van der Waals surface area contributed by atoms with E-state index >= 15 is 0 Å². The van der Waals surface area contributed by atoms with Gasteiger partial charge in [0.15, 0.2) is 5.13 Å². The third kappa shape index (κ3) is 3.50. The van der Waals surface area contributed by atoms with E-state index in [1.165, 1.54) is 23.5 Å². The second kappa shape index (κ2) is 6.49. The second-order valence-electron chi connectivity index (χ2n) is 5.67. The van der Waals surface area contributed by atoms with Crippen molar-refractivity contribution in [2.75, 3.05) is 24.6 Å². The molecule has 1 aliphatic heterocycles. The molecule has 0 bridgehead atoms. The molecule has 0 radical (unpaired) electrons. The number of nitrogens with zero attached hydrogens (tertiary/aromatic N) is 2. The monoisotopic (exact) mass is 342 g/mol. The van der Waals surface area contributed by atoms with E-state index in [4.69, 9.17) is 5.11 Å². The fraction of sp³-hybridized carbons (Fsp3) is 0.438. The quantitative estimate of drug-likeness (QED) is 0.915. The molecule has 2 aromatic rings. The molecule has 0 aliphatic carbocycles. The number of halogens is 3. The smallest absolute Gasteiger partial charge is 0.396 e. The summed E-state index contributed by atoms with van der Waals surface area (Å²) < 4.78 is 39.4. The molecule has 0 unspecified atom stereocenters. The summed E-state index contributed by atoms with van der Waals surface area (Å²) in [7, 11) is 0. The molecule has 3 nitrogen and oxygen atoms in total. The molecule has 1 fully saturated rings. The molecule has 1 aliphatic rings. The molecule has 0 atom stereocenters. The molecule has 2 heterocycles. The van der Waals surface area contributed by atoms with Gasteiger partial charge in [-0.3, -0.25) is 0 Å². The average molecular weight is 342 g/mol. The summed E-state index contributed by atoms with van der Waals surface area (Å²) >= 11 is 1.36. The lowest BCUT2D eigenvalue weighted by Crippen LogP contribution is -2.34. The molecule has 0 amide bonds.